The molecule has 0 spiro atoms. The predicted octanol–water partition coefficient (Wildman–Crippen LogP) is 1.44. The number of nitrogen functional groups attached to an aromatic ring is 1. The second kappa shape index (κ2) is 3.88. The van der Waals surface area contributed by atoms with E-state index in [1.165, 1.54) is 6.42 Å². The van der Waals surface area contributed by atoms with Crippen LogP contribution in [0.25, 0.3) is 0 Å². The summed E-state index contributed by atoms with van der Waals surface area (Å²) in [4.78, 5) is 0. The van der Waals surface area contributed by atoms with Gasteiger partial charge in [0.05, 0.1) is 0 Å². The average molecular weight is 192 g/mol. The summed E-state index contributed by atoms with van der Waals surface area (Å²) in [6.07, 6.45) is 2.29. The summed E-state index contributed by atoms with van der Waals surface area (Å²) < 4.78 is 0. The van der Waals surface area contributed by atoms with Gasteiger partial charge in [0, 0.05) is 23.7 Å². The van der Waals surface area contributed by atoms with Crippen LogP contribution in [0.15, 0.2) is 18.2 Å². The van der Waals surface area contributed by atoms with E-state index in [0.29, 0.717) is 11.7 Å². The van der Waals surface area contributed by atoms with Crippen LogP contribution in [-0.2, 0) is 0 Å². The number of rotatable bonds is 1. The van der Waals surface area contributed by atoms with Crippen molar-refractivity contribution in [2.24, 2.45) is 0 Å². The fourth-order valence-electron chi connectivity index (χ4n) is 2.02. The van der Waals surface area contributed by atoms with Gasteiger partial charge in [0.1, 0.15) is 5.75 Å². The Morgan fingerprint density at radius 1 is 1.43 bits per heavy atom. The number of benzene rings is 1. The minimum atomic E-state index is 0.368. The van der Waals surface area contributed by atoms with Crippen LogP contribution in [-0.4, -0.2) is 18.2 Å². The number of aromatic hydroxyl groups is 1. The third kappa shape index (κ3) is 1.82. The second-order valence-corrected chi connectivity index (χ2v) is 3.86. The number of anilines is 1. The fourth-order valence-corrected chi connectivity index (χ4v) is 2.02. The van der Waals surface area contributed by atoms with E-state index in [0.717, 1.165) is 30.8 Å². The topological polar surface area (TPSA) is 58.3 Å². The van der Waals surface area contributed by atoms with Crippen molar-refractivity contribution in [2.75, 3.05) is 18.8 Å². The first kappa shape index (κ1) is 9.34. The van der Waals surface area contributed by atoms with E-state index >= 15 is 0 Å². The van der Waals surface area contributed by atoms with Gasteiger partial charge < -0.3 is 16.2 Å². The lowest BCUT2D eigenvalue weighted by Crippen LogP contribution is -2.28. The molecule has 0 bridgehead atoms. The van der Waals surface area contributed by atoms with Crippen LogP contribution < -0.4 is 11.1 Å². The van der Waals surface area contributed by atoms with Crippen molar-refractivity contribution in [1.82, 2.24) is 5.32 Å². The molecule has 0 aliphatic carbocycles. The molecule has 1 atom stereocenters. The Morgan fingerprint density at radius 3 is 3.00 bits per heavy atom. The quantitative estimate of drug-likeness (QED) is 0.466. The van der Waals surface area contributed by atoms with E-state index in [1.54, 1.807) is 12.1 Å². The van der Waals surface area contributed by atoms with Crippen LogP contribution in [0.4, 0.5) is 5.69 Å². The normalized spacial score (nSPS) is 22.1. The molecule has 1 unspecified atom stereocenters. The van der Waals surface area contributed by atoms with Gasteiger partial charge in [0.25, 0.3) is 0 Å². The molecule has 1 aromatic rings. The highest BCUT2D eigenvalue weighted by atomic mass is 16.3. The molecule has 1 aromatic carbocycles. The van der Waals surface area contributed by atoms with Crippen molar-refractivity contribution < 1.29 is 5.11 Å². The van der Waals surface area contributed by atoms with Gasteiger partial charge in [-0.1, -0.05) is 0 Å². The van der Waals surface area contributed by atoms with Crippen LogP contribution in [0.2, 0.25) is 0 Å². The molecule has 1 aliphatic rings. The molecule has 0 saturated carbocycles. The van der Waals surface area contributed by atoms with Gasteiger partial charge in [-0.2, -0.15) is 0 Å². The molecule has 1 saturated heterocycles. The molecule has 0 aromatic heterocycles. The third-order valence-electron chi connectivity index (χ3n) is 2.79. The van der Waals surface area contributed by atoms with Gasteiger partial charge in [-0.15, -0.1) is 0 Å². The Morgan fingerprint density at radius 2 is 2.29 bits per heavy atom. The van der Waals surface area contributed by atoms with Gasteiger partial charge in [-0.25, -0.2) is 0 Å². The Bertz CT molecular complexity index is 319. The minimum absolute atomic E-state index is 0.368. The van der Waals surface area contributed by atoms with Gasteiger partial charge >= 0.3 is 0 Å². The summed E-state index contributed by atoms with van der Waals surface area (Å²) in [7, 11) is 0. The average Bonchev–Trinajstić information content (AvgIpc) is 2.23. The monoisotopic (exact) mass is 192 g/mol. The lowest BCUT2D eigenvalue weighted by atomic mass is 9.91. The van der Waals surface area contributed by atoms with Gasteiger partial charge in [0.15, 0.2) is 0 Å². The number of phenols is 1. The summed E-state index contributed by atoms with van der Waals surface area (Å²) in [5.41, 5.74) is 7.41. The minimum Gasteiger partial charge on any atom is -0.508 e. The highest BCUT2D eigenvalue weighted by molar-refractivity contribution is 5.48. The zero-order valence-electron chi connectivity index (χ0n) is 8.16. The number of piperidine rings is 1. The maximum Gasteiger partial charge on any atom is 0.119 e. The maximum atomic E-state index is 9.70. The molecule has 2 rings (SSSR count). The number of nitrogens with one attached hydrogen (secondary N) is 1. The fraction of sp³-hybridized carbons (Fsp3) is 0.455. The van der Waals surface area contributed by atoms with Crippen molar-refractivity contribution in [1.29, 1.82) is 0 Å². The molecule has 3 nitrogen and oxygen atoms in total. The molecular formula is C11H16N2O. The summed E-state index contributed by atoms with van der Waals surface area (Å²) in [5.74, 6) is 0.778. The Kier molecular flexibility index (Phi) is 2.59. The van der Waals surface area contributed by atoms with Crippen molar-refractivity contribution in [3.05, 3.63) is 23.8 Å². The number of hydrogen-bond acceptors (Lipinski definition) is 3. The Hall–Kier alpha value is -1.22. The van der Waals surface area contributed by atoms with Crippen LogP contribution in [0.1, 0.15) is 24.3 Å². The lowest BCUT2D eigenvalue weighted by Gasteiger charge is -2.23. The largest absolute Gasteiger partial charge is 0.508 e. The number of hydrogen-bond donors (Lipinski definition) is 3. The van der Waals surface area contributed by atoms with E-state index in [1.807, 2.05) is 6.07 Å². The first-order valence-corrected chi connectivity index (χ1v) is 5.06. The summed E-state index contributed by atoms with van der Waals surface area (Å²) in [6.45, 7) is 2.02. The highest BCUT2D eigenvalue weighted by Crippen LogP contribution is 2.31. The second-order valence-electron chi connectivity index (χ2n) is 3.86. The maximum absolute atomic E-state index is 9.70. The molecule has 1 heterocycles. The number of nitrogens with two attached hydrogens (primary N) is 1. The zero-order chi connectivity index (χ0) is 9.97. The van der Waals surface area contributed by atoms with E-state index < -0.39 is 0 Å². The molecule has 3 heteroatoms. The molecule has 14 heavy (non-hydrogen) atoms. The van der Waals surface area contributed by atoms with Crippen LogP contribution in [0.5, 0.6) is 5.75 Å². The first-order chi connectivity index (χ1) is 6.77. The molecule has 0 radical (unpaired) electrons. The standard InChI is InChI=1S/C11H16N2O/c12-9-3-4-11(14)10(6-9)8-2-1-5-13-7-8/h3-4,6,8,13-14H,1-2,5,7,12H2. The molecule has 76 valence electrons. The van der Waals surface area contributed by atoms with Crippen molar-refractivity contribution in [2.45, 2.75) is 18.8 Å². The van der Waals surface area contributed by atoms with Crippen molar-refractivity contribution >= 4 is 5.69 Å². The van der Waals surface area contributed by atoms with Crippen LogP contribution in [0.3, 0.4) is 0 Å². The first-order valence-electron chi connectivity index (χ1n) is 5.06. The van der Waals surface area contributed by atoms with Gasteiger partial charge in [-0.3, -0.25) is 0 Å². The molecule has 0 amide bonds. The van der Waals surface area contributed by atoms with Gasteiger partial charge in [0.2, 0.25) is 0 Å². The van der Waals surface area contributed by atoms with Gasteiger partial charge in [-0.05, 0) is 37.6 Å². The SMILES string of the molecule is Nc1ccc(O)c(C2CCCNC2)c1. The lowest BCUT2D eigenvalue weighted by molar-refractivity contribution is 0.426. The van der Waals surface area contributed by atoms with E-state index in [2.05, 4.69) is 5.32 Å². The zero-order valence-corrected chi connectivity index (χ0v) is 8.16. The van der Waals surface area contributed by atoms with E-state index in [9.17, 15) is 5.11 Å². The highest BCUT2D eigenvalue weighted by Gasteiger charge is 2.18. The summed E-state index contributed by atoms with van der Waals surface area (Å²) in [5, 5.41) is 13.0. The molecule has 1 aliphatic heterocycles. The predicted molar refractivity (Wildman–Crippen MR) is 57.4 cm³/mol. The molecular weight excluding hydrogens is 176 g/mol. The smallest absolute Gasteiger partial charge is 0.119 e. The Labute approximate surface area is 83.9 Å². The van der Waals surface area contributed by atoms with Crippen molar-refractivity contribution in [3.63, 3.8) is 0 Å². The van der Waals surface area contributed by atoms with Crippen LogP contribution >= 0.6 is 0 Å². The third-order valence-corrected chi connectivity index (χ3v) is 2.79. The summed E-state index contributed by atoms with van der Waals surface area (Å²) >= 11 is 0. The van der Waals surface area contributed by atoms with E-state index in [-0.39, 0.29) is 0 Å². The molecule has 1 fully saturated rings. The summed E-state index contributed by atoms with van der Waals surface area (Å²) in [6, 6.07) is 5.29. The van der Waals surface area contributed by atoms with Crippen LogP contribution in [0, 0.1) is 0 Å². The molecule has 4 N–H and O–H groups in total. The van der Waals surface area contributed by atoms with Crippen molar-refractivity contribution in [3.8, 4) is 5.75 Å². The Balaban J connectivity index is 2.24. The van der Waals surface area contributed by atoms with E-state index in [4.69, 9.17) is 5.73 Å². The number of phenolic OH excluding ortho intramolecular Hbond substituents is 1.